The number of aromatic nitrogens is 1. The van der Waals surface area contributed by atoms with Crippen molar-refractivity contribution in [1.82, 2.24) is 4.98 Å². The Kier molecular flexibility index (Phi) is 6.70. The Hall–Kier alpha value is -2.37. The lowest BCUT2D eigenvalue weighted by molar-refractivity contribution is -0.116. The topological polar surface area (TPSA) is 51.2 Å². The molecule has 3 aromatic rings. The SMILES string of the molecule is Cc1ccc(OCCCC(=O)Nc2nc(-c3ccc(Cl)cc3)c(C)s2)c(C)c1. The van der Waals surface area contributed by atoms with Crippen LogP contribution in [0.1, 0.15) is 28.8 Å². The van der Waals surface area contributed by atoms with Crippen molar-refractivity contribution >= 4 is 34.0 Å². The highest BCUT2D eigenvalue weighted by Crippen LogP contribution is 2.31. The normalized spacial score (nSPS) is 10.7. The van der Waals surface area contributed by atoms with Crippen molar-refractivity contribution in [1.29, 1.82) is 0 Å². The van der Waals surface area contributed by atoms with Crippen molar-refractivity contribution < 1.29 is 9.53 Å². The number of rotatable bonds is 7. The Morgan fingerprint density at radius 3 is 2.61 bits per heavy atom. The molecule has 0 radical (unpaired) electrons. The van der Waals surface area contributed by atoms with Crippen molar-refractivity contribution in [3.8, 4) is 17.0 Å². The van der Waals surface area contributed by atoms with E-state index in [0.717, 1.165) is 27.4 Å². The number of carbonyl (C=O) groups excluding carboxylic acids is 1. The van der Waals surface area contributed by atoms with Crippen molar-refractivity contribution in [2.24, 2.45) is 0 Å². The molecule has 1 amide bonds. The molecule has 0 saturated carbocycles. The maximum atomic E-state index is 12.2. The fourth-order valence-electron chi connectivity index (χ4n) is 2.88. The molecule has 3 rings (SSSR count). The Bertz CT molecular complexity index is 967. The molecule has 2 aromatic carbocycles. The fraction of sp³-hybridized carbons (Fsp3) is 0.273. The molecule has 0 spiro atoms. The second kappa shape index (κ2) is 9.22. The number of nitrogens with one attached hydrogen (secondary N) is 1. The van der Waals surface area contributed by atoms with Crippen LogP contribution in [0.15, 0.2) is 42.5 Å². The molecule has 1 heterocycles. The van der Waals surface area contributed by atoms with E-state index in [9.17, 15) is 4.79 Å². The van der Waals surface area contributed by atoms with Crippen molar-refractivity contribution in [3.05, 3.63) is 63.5 Å². The fourth-order valence-corrected chi connectivity index (χ4v) is 3.86. The molecular formula is C22H23ClN2O2S. The second-order valence-electron chi connectivity index (χ2n) is 6.70. The molecule has 6 heteroatoms. The van der Waals surface area contributed by atoms with Crippen LogP contribution in [-0.4, -0.2) is 17.5 Å². The molecule has 1 N–H and O–H groups in total. The maximum absolute atomic E-state index is 12.2. The Labute approximate surface area is 174 Å². The number of ether oxygens (including phenoxy) is 1. The van der Waals surface area contributed by atoms with Gasteiger partial charge >= 0.3 is 0 Å². The molecule has 0 aliphatic rings. The molecular weight excluding hydrogens is 392 g/mol. The number of thiazole rings is 1. The van der Waals surface area contributed by atoms with Gasteiger partial charge in [-0.15, -0.1) is 11.3 Å². The first-order valence-corrected chi connectivity index (χ1v) is 10.3. The summed E-state index contributed by atoms with van der Waals surface area (Å²) in [5, 5.41) is 4.19. The van der Waals surface area contributed by atoms with Gasteiger partial charge in [0.25, 0.3) is 0 Å². The third kappa shape index (κ3) is 5.33. The van der Waals surface area contributed by atoms with Crippen LogP contribution in [0.5, 0.6) is 5.75 Å². The van der Waals surface area contributed by atoms with E-state index < -0.39 is 0 Å². The minimum absolute atomic E-state index is 0.0550. The molecule has 4 nitrogen and oxygen atoms in total. The Balaban J connectivity index is 1.50. The molecule has 0 unspecified atom stereocenters. The largest absolute Gasteiger partial charge is 0.493 e. The summed E-state index contributed by atoms with van der Waals surface area (Å²) >= 11 is 7.42. The number of anilines is 1. The molecule has 0 aliphatic heterocycles. The smallest absolute Gasteiger partial charge is 0.226 e. The van der Waals surface area contributed by atoms with Gasteiger partial charge in [0, 0.05) is 21.9 Å². The molecule has 1 aromatic heterocycles. The van der Waals surface area contributed by atoms with Crippen LogP contribution in [0.3, 0.4) is 0 Å². The number of nitrogens with zero attached hydrogens (tertiary/aromatic N) is 1. The van der Waals surface area contributed by atoms with Crippen molar-refractivity contribution in [2.75, 3.05) is 11.9 Å². The van der Waals surface area contributed by atoms with Crippen LogP contribution in [0.4, 0.5) is 5.13 Å². The lowest BCUT2D eigenvalue weighted by atomic mass is 10.1. The van der Waals surface area contributed by atoms with Gasteiger partial charge in [0.1, 0.15) is 5.75 Å². The average molecular weight is 415 g/mol. The number of hydrogen-bond donors (Lipinski definition) is 1. The third-order valence-electron chi connectivity index (χ3n) is 4.30. The van der Waals surface area contributed by atoms with E-state index in [1.807, 2.05) is 50.2 Å². The molecule has 0 fully saturated rings. The van der Waals surface area contributed by atoms with E-state index in [-0.39, 0.29) is 5.91 Å². The van der Waals surface area contributed by atoms with Gasteiger partial charge in [0.2, 0.25) is 5.91 Å². The number of amides is 1. The summed E-state index contributed by atoms with van der Waals surface area (Å²) < 4.78 is 5.78. The summed E-state index contributed by atoms with van der Waals surface area (Å²) in [6, 6.07) is 13.6. The van der Waals surface area contributed by atoms with Crippen LogP contribution >= 0.6 is 22.9 Å². The number of halogens is 1. The first kappa shape index (κ1) is 20.4. The summed E-state index contributed by atoms with van der Waals surface area (Å²) in [6.45, 7) is 6.58. The van der Waals surface area contributed by atoms with Gasteiger partial charge in [-0.05, 0) is 51.0 Å². The number of hydrogen-bond acceptors (Lipinski definition) is 4. The Morgan fingerprint density at radius 2 is 1.89 bits per heavy atom. The highest BCUT2D eigenvalue weighted by molar-refractivity contribution is 7.16. The van der Waals surface area contributed by atoms with Crippen molar-refractivity contribution in [3.63, 3.8) is 0 Å². The number of benzene rings is 2. The second-order valence-corrected chi connectivity index (χ2v) is 8.34. The van der Waals surface area contributed by atoms with Gasteiger partial charge in [-0.25, -0.2) is 4.98 Å². The Morgan fingerprint density at radius 1 is 1.14 bits per heavy atom. The first-order valence-electron chi connectivity index (χ1n) is 9.15. The van der Waals surface area contributed by atoms with Gasteiger partial charge in [0.15, 0.2) is 5.13 Å². The summed E-state index contributed by atoms with van der Waals surface area (Å²) in [4.78, 5) is 17.8. The van der Waals surface area contributed by atoms with Gasteiger partial charge in [-0.3, -0.25) is 4.79 Å². The zero-order valence-electron chi connectivity index (χ0n) is 16.2. The zero-order chi connectivity index (χ0) is 20.1. The van der Waals surface area contributed by atoms with Crippen molar-refractivity contribution in [2.45, 2.75) is 33.6 Å². The lowest BCUT2D eigenvalue weighted by Gasteiger charge is -2.09. The minimum Gasteiger partial charge on any atom is -0.493 e. The zero-order valence-corrected chi connectivity index (χ0v) is 17.8. The van der Waals surface area contributed by atoms with Crippen LogP contribution in [0, 0.1) is 20.8 Å². The predicted octanol–water partition coefficient (Wildman–Crippen LogP) is 6.19. The molecule has 146 valence electrons. The van der Waals surface area contributed by atoms with Gasteiger partial charge in [-0.2, -0.15) is 0 Å². The highest BCUT2D eigenvalue weighted by atomic mass is 35.5. The summed E-state index contributed by atoms with van der Waals surface area (Å²) in [5.74, 6) is 0.815. The lowest BCUT2D eigenvalue weighted by Crippen LogP contribution is -2.12. The molecule has 28 heavy (non-hydrogen) atoms. The quantitative estimate of drug-likeness (QED) is 0.469. The average Bonchev–Trinajstić information content (AvgIpc) is 3.01. The van der Waals surface area contributed by atoms with Gasteiger partial charge in [-0.1, -0.05) is 41.4 Å². The van der Waals surface area contributed by atoms with E-state index in [1.54, 1.807) is 0 Å². The molecule has 0 bridgehead atoms. The van der Waals surface area contributed by atoms with E-state index in [2.05, 4.69) is 23.3 Å². The van der Waals surface area contributed by atoms with Crippen LogP contribution in [0.2, 0.25) is 5.02 Å². The summed E-state index contributed by atoms with van der Waals surface area (Å²) in [5.41, 5.74) is 4.18. The maximum Gasteiger partial charge on any atom is 0.226 e. The van der Waals surface area contributed by atoms with Crippen LogP contribution in [-0.2, 0) is 4.79 Å². The first-order chi connectivity index (χ1) is 13.4. The third-order valence-corrected chi connectivity index (χ3v) is 5.43. The highest BCUT2D eigenvalue weighted by Gasteiger charge is 2.12. The van der Waals surface area contributed by atoms with Crippen LogP contribution in [0.25, 0.3) is 11.3 Å². The standard InChI is InChI=1S/C22H23ClN2O2S/c1-14-6-11-19(15(2)13-14)27-12-4-5-20(26)24-22-25-21(16(3)28-22)17-7-9-18(23)10-8-17/h6-11,13H,4-5,12H2,1-3H3,(H,24,25,26). The minimum atomic E-state index is -0.0550. The van der Waals surface area contributed by atoms with Gasteiger partial charge < -0.3 is 10.1 Å². The summed E-state index contributed by atoms with van der Waals surface area (Å²) in [7, 11) is 0. The molecule has 0 atom stereocenters. The van der Waals surface area contributed by atoms with Gasteiger partial charge in [0.05, 0.1) is 12.3 Å². The predicted molar refractivity (Wildman–Crippen MR) is 117 cm³/mol. The number of aryl methyl sites for hydroxylation is 3. The molecule has 0 saturated heterocycles. The monoisotopic (exact) mass is 414 g/mol. The summed E-state index contributed by atoms with van der Waals surface area (Å²) in [6.07, 6.45) is 1.04. The molecule has 0 aliphatic carbocycles. The van der Waals surface area contributed by atoms with E-state index in [4.69, 9.17) is 16.3 Å². The van der Waals surface area contributed by atoms with E-state index >= 15 is 0 Å². The van der Waals surface area contributed by atoms with E-state index in [1.165, 1.54) is 16.9 Å². The number of carbonyl (C=O) groups is 1. The van der Waals surface area contributed by atoms with Crippen LogP contribution < -0.4 is 10.1 Å². The van der Waals surface area contributed by atoms with E-state index in [0.29, 0.717) is 29.6 Å².